The fourth-order valence-electron chi connectivity index (χ4n) is 2.49. The fraction of sp³-hybridized carbons (Fsp3) is 0.167. The molecule has 8 nitrogen and oxygen atoms in total. The van der Waals surface area contributed by atoms with E-state index in [1.807, 2.05) is 22.9 Å². The molecule has 0 unspecified atom stereocenters. The molecule has 1 aromatic carbocycles. The molecule has 3 rings (SSSR count). The van der Waals surface area contributed by atoms with Gasteiger partial charge in [0, 0.05) is 40.2 Å². The molecule has 1 N–H and O–H groups in total. The second-order valence-corrected chi connectivity index (χ2v) is 7.85. The lowest BCUT2D eigenvalue weighted by Crippen LogP contribution is -2.14. The number of nitro benzene ring substituents is 1. The molecule has 0 aliphatic heterocycles. The summed E-state index contributed by atoms with van der Waals surface area (Å²) < 4.78 is 1.90. The molecule has 0 saturated heterocycles. The summed E-state index contributed by atoms with van der Waals surface area (Å²) >= 11 is 2.88. The van der Waals surface area contributed by atoms with Crippen LogP contribution in [0.5, 0.6) is 0 Å². The molecule has 0 fully saturated rings. The fourth-order valence-corrected chi connectivity index (χ4v) is 3.92. The Balaban J connectivity index is 1.69. The van der Waals surface area contributed by atoms with Crippen LogP contribution >= 0.6 is 23.1 Å². The monoisotopic (exact) mass is 415 g/mol. The Labute approximate surface area is 169 Å². The molecule has 10 heteroatoms. The Morgan fingerprint density at radius 3 is 2.93 bits per heavy atom. The number of hydrogen-bond donors (Lipinski definition) is 1. The lowest BCUT2D eigenvalue weighted by atomic mass is 10.3. The van der Waals surface area contributed by atoms with Gasteiger partial charge in [0.05, 0.1) is 10.7 Å². The maximum absolute atomic E-state index is 12.2. The van der Waals surface area contributed by atoms with Gasteiger partial charge in [-0.05, 0) is 19.1 Å². The first kappa shape index (κ1) is 19.8. The first-order valence-electron chi connectivity index (χ1n) is 8.24. The highest BCUT2D eigenvalue weighted by molar-refractivity contribution is 7.99. The minimum atomic E-state index is -0.504. The first-order valence-corrected chi connectivity index (χ1v) is 10.1. The third-order valence-corrected chi connectivity index (χ3v) is 5.52. The molecule has 0 saturated carbocycles. The van der Waals surface area contributed by atoms with Crippen LogP contribution in [0.3, 0.4) is 0 Å². The van der Waals surface area contributed by atoms with Gasteiger partial charge >= 0.3 is 0 Å². The van der Waals surface area contributed by atoms with Crippen molar-refractivity contribution in [1.29, 1.82) is 0 Å². The maximum Gasteiger partial charge on any atom is 0.271 e. The number of anilines is 1. The summed E-state index contributed by atoms with van der Waals surface area (Å²) in [5, 5.41) is 24.6. The van der Waals surface area contributed by atoms with E-state index in [9.17, 15) is 14.9 Å². The molecule has 1 amide bonds. The van der Waals surface area contributed by atoms with Crippen LogP contribution in [-0.4, -0.2) is 31.3 Å². The number of nitrogens with one attached hydrogen (secondary N) is 1. The van der Waals surface area contributed by atoms with Crippen molar-refractivity contribution in [2.24, 2.45) is 0 Å². The highest BCUT2D eigenvalue weighted by atomic mass is 32.2. The Kier molecular flexibility index (Phi) is 6.22. The summed E-state index contributed by atoms with van der Waals surface area (Å²) in [6, 6.07) is 7.86. The van der Waals surface area contributed by atoms with Crippen molar-refractivity contribution in [2.45, 2.75) is 18.6 Å². The predicted molar refractivity (Wildman–Crippen MR) is 111 cm³/mol. The second kappa shape index (κ2) is 8.81. The zero-order valence-electron chi connectivity index (χ0n) is 15.0. The van der Waals surface area contributed by atoms with E-state index in [2.05, 4.69) is 22.1 Å². The van der Waals surface area contributed by atoms with Gasteiger partial charge in [-0.15, -0.1) is 28.1 Å². The molecule has 0 spiro atoms. The number of aryl methyl sites for hydroxylation is 1. The van der Waals surface area contributed by atoms with E-state index in [1.54, 1.807) is 23.5 Å². The van der Waals surface area contributed by atoms with Crippen molar-refractivity contribution >= 4 is 40.4 Å². The normalized spacial score (nSPS) is 10.6. The third kappa shape index (κ3) is 4.65. The largest absolute Gasteiger partial charge is 0.325 e. The number of carbonyl (C=O) groups is 1. The zero-order chi connectivity index (χ0) is 20.1. The molecule has 2 aromatic heterocycles. The predicted octanol–water partition coefficient (Wildman–Crippen LogP) is 4.14. The number of benzene rings is 1. The number of thiophene rings is 1. The number of nitro groups is 1. The summed E-state index contributed by atoms with van der Waals surface area (Å²) in [4.78, 5) is 23.7. The molecule has 2 heterocycles. The molecule has 0 bridgehead atoms. The number of allylic oxidation sites excluding steroid dienone is 1. The van der Waals surface area contributed by atoms with Gasteiger partial charge in [-0.1, -0.05) is 23.9 Å². The van der Waals surface area contributed by atoms with Gasteiger partial charge in [-0.25, -0.2) is 0 Å². The number of rotatable bonds is 8. The van der Waals surface area contributed by atoms with Gasteiger partial charge in [0.1, 0.15) is 0 Å². The SMILES string of the molecule is C=CCn1c(SCC(=O)Nc2cccc([N+](=O)[O-])c2)nnc1-c1csc(C)c1. The minimum absolute atomic E-state index is 0.0770. The van der Waals surface area contributed by atoms with Crippen molar-refractivity contribution in [3.8, 4) is 11.4 Å². The highest BCUT2D eigenvalue weighted by Crippen LogP contribution is 2.27. The Bertz CT molecular complexity index is 1030. The van der Waals surface area contributed by atoms with E-state index in [0.29, 0.717) is 17.4 Å². The summed E-state index contributed by atoms with van der Waals surface area (Å²) in [5.74, 6) is 0.540. The van der Waals surface area contributed by atoms with E-state index in [-0.39, 0.29) is 17.3 Å². The lowest BCUT2D eigenvalue weighted by Gasteiger charge is -2.07. The van der Waals surface area contributed by atoms with E-state index in [1.165, 1.54) is 34.8 Å². The Morgan fingerprint density at radius 1 is 1.43 bits per heavy atom. The zero-order valence-corrected chi connectivity index (χ0v) is 16.6. The Morgan fingerprint density at radius 2 is 2.25 bits per heavy atom. The Hall–Kier alpha value is -2.98. The molecule has 28 heavy (non-hydrogen) atoms. The average molecular weight is 416 g/mol. The number of nitrogens with zero attached hydrogens (tertiary/aromatic N) is 4. The van der Waals surface area contributed by atoms with Crippen molar-refractivity contribution in [3.05, 3.63) is 63.4 Å². The number of aromatic nitrogens is 3. The van der Waals surface area contributed by atoms with E-state index in [0.717, 1.165) is 11.4 Å². The van der Waals surface area contributed by atoms with E-state index < -0.39 is 4.92 Å². The summed E-state index contributed by atoms with van der Waals surface area (Å²) in [6.07, 6.45) is 1.75. The topological polar surface area (TPSA) is 103 Å². The molecular weight excluding hydrogens is 398 g/mol. The van der Waals surface area contributed by atoms with Crippen LogP contribution in [0.1, 0.15) is 4.88 Å². The summed E-state index contributed by atoms with van der Waals surface area (Å²) in [6.45, 7) is 6.32. The number of amides is 1. The molecule has 0 radical (unpaired) electrons. The molecule has 144 valence electrons. The number of thioether (sulfide) groups is 1. The number of non-ortho nitro benzene ring substituents is 1. The van der Waals surface area contributed by atoms with Crippen LogP contribution in [0.2, 0.25) is 0 Å². The molecule has 0 atom stereocenters. The van der Waals surface area contributed by atoms with Gasteiger partial charge < -0.3 is 5.32 Å². The van der Waals surface area contributed by atoms with Gasteiger partial charge in [0.2, 0.25) is 5.91 Å². The third-order valence-electron chi connectivity index (χ3n) is 3.69. The molecule has 0 aliphatic rings. The maximum atomic E-state index is 12.2. The van der Waals surface area contributed by atoms with Gasteiger partial charge in [-0.2, -0.15) is 0 Å². The first-order chi connectivity index (χ1) is 13.5. The van der Waals surface area contributed by atoms with E-state index >= 15 is 0 Å². The molecule has 0 aliphatic carbocycles. The van der Waals surface area contributed by atoms with Crippen molar-refractivity contribution < 1.29 is 9.72 Å². The minimum Gasteiger partial charge on any atom is -0.325 e. The quantitative estimate of drug-likeness (QED) is 0.257. The highest BCUT2D eigenvalue weighted by Gasteiger charge is 2.16. The van der Waals surface area contributed by atoms with Crippen LogP contribution in [0.15, 0.2) is 53.5 Å². The molecular formula is C18H17N5O3S2. The van der Waals surface area contributed by atoms with Gasteiger partial charge in [0.15, 0.2) is 11.0 Å². The van der Waals surface area contributed by atoms with Crippen LogP contribution in [-0.2, 0) is 11.3 Å². The standard InChI is InChI=1S/C18H17N5O3S2/c1-3-7-22-17(13-8-12(2)27-10-13)20-21-18(22)28-11-16(24)19-14-5-4-6-15(9-14)23(25)26/h3-6,8-10H,1,7,11H2,2H3,(H,19,24). The molecule has 3 aromatic rings. The smallest absolute Gasteiger partial charge is 0.271 e. The van der Waals surface area contributed by atoms with Gasteiger partial charge in [-0.3, -0.25) is 19.5 Å². The summed E-state index contributed by atoms with van der Waals surface area (Å²) in [5.41, 5.74) is 1.28. The van der Waals surface area contributed by atoms with Crippen LogP contribution in [0.4, 0.5) is 11.4 Å². The van der Waals surface area contributed by atoms with Crippen LogP contribution in [0.25, 0.3) is 11.4 Å². The van der Waals surface area contributed by atoms with Gasteiger partial charge in [0.25, 0.3) is 5.69 Å². The van der Waals surface area contributed by atoms with E-state index in [4.69, 9.17) is 0 Å². The second-order valence-electron chi connectivity index (χ2n) is 5.80. The van der Waals surface area contributed by atoms with Crippen LogP contribution < -0.4 is 5.32 Å². The van der Waals surface area contributed by atoms with Crippen molar-refractivity contribution in [3.63, 3.8) is 0 Å². The number of hydrogen-bond acceptors (Lipinski definition) is 7. The lowest BCUT2D eigenvalue weighted by molar-refractivity contribution is -0.384. The average Bonchev–Trinajstić information content (AvgIpc) is 3.26. The van der Waals surface area contributed by atoms with Crippen LogP contribution in [0, 0.1) is 17.0 Å². The summed E-state index contributed by atoms with van der Waals surface area (Å²) in [7, 11) is 0. The van der Waals surface area contributed by atoms with Crippen molar-refractivity contribution in [2.75, 3.05) is 11.1 Å². The number of carbonyl (C=O) groups excluding carboxylic acids is 1. The van der Waals surface area contributed by atoms with Crippen molar-refractivity contribution in [1.82, 2.24) is 14.8 Å².